The van der Waals surface area contributed by atoms with Gasteiger partial charge in [-0.05, 0) is 0 Å². The zero-order chi connectivity index (χ0) is 10.8. The van der Waals surface area contributed by atoms with Crippen molar-refractivity contribution in [1.29, 1.82) is 0 Å². The van der Waals surface area contributed by atoms with E-state index in [0.717, 1.165) is 41.8 Å². The molecule has 0 amide bonds. The molecule has 1 aromatic carbocycles. The Morgan fingerprint density at radius 2 is 2.13 bits per heavy atom. The van der Waals surface area contributed by atoms with E-state index in [1.54, 1.807) is 6.20 Å². The van der Waals surface area contributed by atoms with Gasteiger partial charge in [-0.25, -0.2) is 0 Å². The van der Waals surface area contributed by atoms with E-state index in [1.165, 1.54) is 5.56 Å². The number of hydrogen-bond donors (Lipinski definition) is 0. The predicted molar refractivity (Wildman–Crippen MR) is 62.2 cm³/mol. The molecule has 0 aliphatic rings. The SMILES string of the molecule is CC(C)c1cc([O][Bi])c2ncccc2c1. The normalized spacial score (nSPS) is 10.9. The number of fused-ring (bicyclic) bond motifs is 1. The Balaban J connectivity index is 2.71. The molecule has 2 nitrogen and oxygen atoms in total. The Morgan fingerprint density at radius 3 is 2.80 bits per heavy atom. The average molecular weight is 395 g/mol. The molecule has 2 rings (SSSR count). The van der Waals surface area contributed by atoms with Crippen molar-refractivity contribution in [2.24, 2.45) is 0 Å². The van der Waals surface area contributed by atoms with E-state index in [1.807, 2.05) is 6.07 Å². The third-order valence-corrected chi connectivity index (χ3v) is 3.22. The first-order valence-corrected chi connectivity index (χ1v) is 6.34. The molecule has 1 aromatic heterocycles. The second-order valence-electron chi connectivity index (χ2n) is 3.84. The zero-order valence-corrected chi connectivity index (χ0v) is 12.2. The van der Waals surface area contributed by atoms with Crippen LogP contribution in [0.1, 0.15) is 25.3 Å². The number of benzene rings is 1. The van der Waals surface area contributed by atoms with E-state index in [0.29, 0.717) is 5.92 Å². The van der Waals surface area contributed by atoms with Crippen LogP contribution in [0.25, 0.3) is 10.9 Å². The van der Waals surface area contributed by atoms with Crippen LogP contribution in [-0.2, 0) is 0 Å². The number of rotatable bonds is 2. The van der Waals surface area contributed by atoms with Crippen molar-refractivity contribution in [3.63, 3.8) is 0 Å². The van der Waals surface area contributed by atoms with Crippen LogP contribution in [0.4, 0.5) is 0 Å². The standard InChI is InChI=1S/C12H13NO.Bi/c1-8(2)10-6-9-4-3-5-13-12(9)11(14)7-10;/h3-8,14H,1-2H3;/q;+1/p-1. The molecule has 0 atom stereocenters. The van der Waals surface area contributed by atoms with E-state index in [9.17, 15) is 0 Å². The van der Waals surface area contributed by atoms with Crippen LogP contribution in [0.5, 0.6) is 5.75 Å². The molecule has 0 saturated carbocycles. The first-order chi connectivity index (χ1) is 7.22. The Hall–Kier alpha value is -0.687. The molecule has 2 aromatic rings. The average Bonchev–Trinajstić information content (AvgIpc) is 2.27. The van der Waals surface area contributed by atoms with Gasteiger partial charge in [0.25, 0.3) is 0 Å². The summed E-state index contributed by atoms with van der Waals surface area (Å²) in [4.78, 5) is 4.35. The molecule has 0 unspecified atom stereocenters. The molecule has 0 aliphatic heterocycles. The van der Waals surface area contributed by atoms with Gasteiger partial charge in [0.1, 0.15) is 0 Å². The van der Waals surface area contributed by atoms with Crippen LogP contribution in [-0.4, -0.2) is 30.1 Å². The van der Waals surface area contributed by atoms with Gasteiger partial charge in [0, 0.05) is 0 Å². The Morgan fingerprint density at radius 1 is 1.33 bits per heavy atom. The van der Waals surface area contributed by atoms with Crippen molar-refractivity contribution in [2.45, 2.75) is 19.8 Å². The van der Waals surface area contributed by atoms with Crippen molar-refractivity contribution in [2.75, 3.05) is 0 Å². The molecule has 3 heteroatoms. The maximum absolute atomic E-state index is 5.47. The molecule has 15 heavy (non-hydrogen) atoms. The summed E-state index contributed by atoms with van der Waals surface area (Å²) >= 11 is 0.898. The van der Waals surface area contributed by atoms with E-state index < -0.39 is 0 Å². The second kappa shape index (κ2) is 4.44. The van der Waals surface area contributed by atoms with Gasteiger partial charge in [-0.3, -0.25) is 0 Å². The Kier molecular flexibility index (Phi) is 3.20. The summed E-state index contributed by atoms with van der Waals surface area (Å²) < 4.78 is 5.47. The molecule has 0 saturated heterocycles. The summed E-state index contributed by atoms with van der Waals surface area (Å²) in [6.45, 7) is 4.37. The second-order valence-corrected chi connectivity index (χ2v) is 4.55. The maximum atomic E-state index is 5.47. The fourth-order valence-corrected chi connectivity index (χ4v) is 2.13. The summed E-state index contributed by atoms with van der Waals surface area (Å²) in [5, 5.41) is 1.16. The van der Waals surface area contributed by atoms with Gasteiger partial charge in [0.15, 0.2) is 0 Å². The van der Waals surface area contributed by atoms with E-state index >= 15 is 0 Å². The van der Waals surface area contributed by atoms with E-state index in [2.05, 4.69) is 37.0 Å². The first-order valence-electron chi connectivity index (χ1n) is 4.92. The molecule has 0 spiro atoms. The molecule has 1 heterocycles. The quantitative estimate of drug-likeness (QED) is 0.730. The molecule has 0 bridgehead atoms. The monoisotopic (exact) mass is 395 g/mol. The molecule has 0 N–H and O–H groups in total. The molecular formula is C12H12BiNO. The third kappa shape index (κ3) is 2.13. The summed E-state index contributed by atoms with van der Waals surface area (Å²) in [7, 11) is 0. The Labute approximate surface area is 105 Å². The predicted octanol–water partition coefficient (Wildman–Crippen LogP) is 2.82. The van der Waals surface area contributed by atoms with Crippen molar-refractivity contribution in [3.8, 4) is 5.75 Å². The van der Waals surface area contributed by atoms with Crippen LogP contribution in [0, 0.1) is 0 Å². The van der Waals surface area contributed by atoms with Crippen LogP contribution in [0.15, 0.2) is 30.5 Å². The van der Waals surface area contributed by atoms with Gasteiger partial charge in [-0.15, -0.1) is 0 Å². The number of hydrogen-bond acceptors (Lipinski definition) is 2. The fourth-order valence-electron chi connectivity index (χ4n) is 1.58. The van der Waals surface area contributed by atoms with Gasteiger partial charge in [-0.2, -0.15) is 0 Å². The summed E-state index contributed by atoms with van der Waals surface area (Å²) in [5.74, 6) is 1.42. The van der Waals surface area contributed by atoms with Crippen molar-refractivity contribution in [3.05, 3.63) is 36.0 Å². The minimum absolute atomic E-state index is 0.516. The van der Waals surface area contributed by atoms with Gasteiger partial charge >= 0.3 is 105 Å². The van der Waals surface area contributed by atoms with Gasteiger partial charge in [0.05, 0.1) is 0 Å². The number of aromatic nitrogens is 1. The van der Waals surface area contributed by atoms with Crippen molar-refractivity contribution >= 4 is 36.1 Å². The van der Waals surface area contributed by atoms with Crippen LogP contribution in [0.3, 0.4) is 0 Å². The molecular weight excluding hydrogens is 383 g/mol. The molecule has 0 fully saturated rings. The van der Waals surface area contributed by atoms with E-state index in [-0.39, 0.29) is 0 Å². The van der Waals surface area contributed by atoms with Gasteiger partial charge < -0.3 is 0 Å². The molecule has 76 valence electrons. The first kappa shape index (κ1) is 10.8. The van der Waals surface area contributed by atoms with Crippen molar-refractivity contribution in [1.82, 2.24) is 4.98 Å². The summed E-state index contributed by atoms with van der Waals surface area (Å²) in [6.07, 6.45) is 1.80. The Bertz CT molecular complexity index is 482. The fraction of sp³-hybridized carbons (Fsp3) is 0.250. The van der Waals surface area contributed by atoms with Crippen LogP contribution in [0.2, 0.25) is 0 Å². The summed E-state index contributed by atoms with van der Waals surface area (Å²) in [6, 6.07) is 8.32. The molecule has 0 aliphatic carbocycles. The van der Waals surface area contributed by atoms with Crippen molar-refractivity contribution < 1.29 is 2.81 Å². The summed E-state index contributed by atoms with van der Waals surface area (Å²) in [5.41, 5.74) is 2.26. The van der Waals surface area contributed by atoms with Gasteiger partial charge in [0.2, 0.25) is 0 Å². The van der Waals surface area contributed by atoms with E-state index in [4.69, 9.17) is 2.81 Å². The number of nitrogens with zero attached hydrogens (tertiary/aromatic N) is 1. The van der Waals surface area contributed by atoms with Crippen LogP contribution >= 0.6 is 0 Å². The topological polar surface area (TPSA) is 22.1 Å². The third-order valence-electron chi connectivity index (χ3n) is 2.46. The number of pyridine rings is 1. The van der Waals surface area contributed by atoms with Crippen LogP contribution < -0.4 is 2.81 Å². The minimum atomic E-state index is 0.516. The zero-order valence-electron chi connectivity index (χ0n) is 8.77. The van der Waals surface area contributed by atoms with Gasteiger partial charge in [-0.1, -0.05) is 0 Å². The molecule has 2 radical (unpaired) electrons.